The minimum atomic E-state index is -0.347. The predicted molar refractivity (Wildman–Crippen MR) is 57.5 cm³/mol. The van der Waals surface area contributed by atoms with Crippen molar-refractivity contribution < 1.29 is 4.39 Å². The third kappa shape index (κ3) is 1.90. The number of hydrogen-bond acceptors (Lipinski definition) is 2. The van der Waals surface area contributed by atoms with Gasteiger partial charge in [-0.1, -0.05) is 23.2 Å². The van der Waals surface area contributed by atoms with Crippen molar-refractivity contribution in [1.82, 2.24) is 4.98 Å². The summed E-state index contributed by atoms with van der Waals surface area (Å²) in [5.41, 5.74) is 0.384. The normalized spacial score (nSPS) is 10.5. The van der Waals surface area contributed by atoms with E-state index in [4.69, 9.17) is 23.2 Å². The molecule has 0 N–H and O–H groups in total. The molecule has 2 rings (SSSR count). The van der Waals surface area contributed by atoms with E-state index in [1.165, 1.54) is 29.5 Å². The maximum Gasteiger partial charge on any atom is 0.140 e. The van der Waals surface area contributed by atoms with Gasteiger partial charge in [0.1, 0.15) is 16.0 Å². The molecule has 0 saturated carbocycles. The standard InChI is InChI=1S/C9H4Cl2FNS/c10-5-1-2-7(12)6(3-5)9-13-8(11)4-14-9/h1-4H. The number of benzene rings is 1. The fourth-order valence-electron chi connectivity index (χ4n) is 1.04. The van der Waals surface area contributed by atoms with Crippen LogP contribution in [0.1, 0.15) is 0 Å². The van der Waals surface area contributed by atoms with Gasteiger partial charge in [0.2, 0.25) is 0 Å². The molecule has 72 valence electrons. The van der Waals surface area contributed by atoms with Crippen LogP contribution in [0.25, 0.3) is 10.6 Å². The van der Waals surface area contributed by atoms with Crippen molar-refractivity contribution >= 4 is 34.5 Å². The Balaban J connectivity index is 2.55. The molecule has 0 saturated heterocycles. The molecule has 14 heavy (non-hydrogen) atoms. The SMILES string of the molecule is Fc1ccc(Cl)cc1-c1nc(Cl)cs1. The van der Waals surface area contributed by atoms with E-state index in [0.717, 1.165) is 0 Å². The first-order valence-corrected chi connectivity index (χ1v) is 5.37. The van der Waals surface area contributed by atoms with Gasteiger partial charge in [0, 0.05) is 16.0 Å². The molecule has 0 amide bonds. The molecule has 0 radical (unpaired) electrons. The van der Waals surface area contributed by atoms with Gasteiger partial charge in [0.05, 0.1) is 0 Å². The van der Waals surface area contributed by atoms with Crippen molar-refractivity contribution in [3.05, 3.63) is 39.6 Å². The van der Waals surface area contributed by atoms with E-state index in [2.05, 4.69) is 4.98 Å². The van der Waals surface area contributed by atoms with Gasteiger partial charge in [-0.2, -0.15) is 0 Å². The van der Waals surface area contributed by atoms with Gasteiger partial charge in [-0.3, -0.25) is 0 Å². The second kappa shape index (κ2) is 3.85. The van der Waals surface area contributed by atoms with E-state index < -0.39 is 0 Å². The van der Waals surface area contributed by atoms with Crippen molar-refractivity contribution in [2.45, 2.75) is 0 Å². The van der Waals surface area contributed by atoms with Gasteiger partial charge in [0.15, 0.2) is 0 Å². The number of aromatic nitrogens is 1. The van der Waals surface area contributed by atoms with Gasteiger partial charge >= 0.3 is 0 Å². The molecule has 5 heteroatoms. The van der Waals surface area contributed by atoms with Crippen molar-refractivity contribution in [2.24, 2.45) is 0 Å². The lowest BCUT2D eigenvalue weighted by Crippen LogP contribution is -1.82. The number of thiazole rings is 1. The van der Waals surface area contributed by atoms with Gasteiger partial charge in [0.25, 0.3) is 0 Å². The van der Waals surface area contributed by atoms with E-state index in [1.54, 1.807) is 5.38 Å². The van der Waals surface area contributed by atoms with E-state index in [1.807, 2.05) is 0 Å². The first-order chi connectivity index (χ1) is 6.66. The molecule has 2 aromatic rings. The Kier molecular flexibility index (Phi) is 2.72. The lowest BCUT2D eigenvalue weighted by atomic mass is 10.2. The van der Waals surface area contributed by atoms with Gasteiger partial charge in [-0.25, -0.2) is 9.37 Å². The molecular formula is C9H4Cl2FNS. The smallest absolute Gasteiger partial charge is 0.140 e. The molecule has 1 aromatic heterocycles. The van der Waals surface area contributed by atoms with Crippen LogP contribution in [0.3, 0.4) is 0 Å². The monoisotopic (exact) mass is 247 g/mol. The van der Waals surface area contributed by atoms with Crippen LogP contribution >= 0.6 is 34.5 Å². The number of halogens is 3. The Bertz CT molecular complexity index is 470. The lowest BCUT2D eigenvalue weighted by Gasteiger charge is -1.98. The van der Waals surface area contributed by atoms with Crippen LogP contribution in [0.5, 0.6) is 0 Å². The summed E-state index contributed by atoms with van der Waals surface area (Å²) in [6, 6.07) is 4.34. The molecular weight excluding hydrogens is 244 g/mol. The Morgan fingerprint density at radius 1 is 1.29 bits per heavy atom. The van der Waals surface area contributed by atoms with Gasteiger partial charge in [-0.15, -0.1) is 11.3 Å². The van der Waals surface area contributed by atoms with Gasteiger partial charge < -0.3 is 0 Å². The largest absolute Gasteiger partial charge is 0.224 e. The number of hydrogen-bond donors (Lipinski definition) is 0. The zero-order chi connectivity index (χ0) is 10.1. The Labute approximate surface area is 94.1 Å². The molecule has 0 aliphatic carbocycles. The zero-order valence-electron chi connectivity index (χ0n) is 6.80. The van der Waals surface area contributed by atoms with E-state index in [0.29, 0.717) is 20.7 Å². The highest BCUT2D eigenvalue weighted by Crippen LogP contribution is 2.29. The van der Waals surface area contributed by atoms with Crippen molar-refractivity contribution in [2.75, 3.05) is 0 Å². The second-order valence-electron chi connectivity index (χ2n) is 2.60. The summed E-state index contributed by atoms with van der Waals surface area (Å²) >= 11 is 12.7. The molecule has 0 atom stereocenters. The lowest BCUT2D eigenvalue weighted by molar-refractivity contribution is 0.631. The molecule has 0 spiro atoms. The minimum absolute atomic E-state index is 0.347. The van der Waals surface area contributed by atoms with E-state index in [9.17, 15) is 4.39 Å². The van der Waals surface area contributed by atoms with E-state index in [-0.39, 0.29) is 5.82 Å². The first-order valence-electron chi connectivity index (χ1n) is 3.73. The topological polar surface area (TPSA) is 12.9 Å². The molecule has 1 aromatic carbocycles. The van der Waals surface area contributed by atoms with Crippen LogP contribution in [-0.4, -0.2) is 4.98 Å². The van der Waals surface area contributed by atoms with Crippen molar-refractivity contribution in [3.8, 4) is 10.6 Å². The van der Waals surface area contributed by atoms with Crippen LogP contribution in [0.4, 0.5) is 4.39 Å². The molecule has 0 aliphatic rings. The molecule has 0 fully saturated rings. The Morgan fingerprint density at radius 3 is 2.71 bits per heavy atom. The van der Waals surface area contributed by atoms with E-state index >= 15 is 0 Å². The quantitative estimate of drug-likeness (QED) is 0.734. The molecule has 0 aliphatic heterocycles. The first kappa shape index (κ1) is 9.90. The highest BCUT2D eigenvalue weighted by Gasteiger charge is 2.09. The number of nitrogens with zero attached hydrogens (tertiary/aromatic N) is 1. The fourth-order valence-corrected chi connectivity index (χ4v) is 2.18. The van der Waals surface area contributed by atoms with Crippen molar-refractivity contribution in [1.29, 1.82) is 0 Å². The maximum atomic E-state index is 13.3. The Hall–Kier alpha value is -0.640. The average molecular weight is 248 g/mol. The highest BCUT2D eigenvalue weighted by atomic mass is 35.5. The average Bonchev–Trinajstić information content (AvgIpc) is 2.56. The summed E-state index contributed by atoms with van der Waals surface area (Å²) in [5, 5.41) is 3.03. The highest BCUT2D eigenvalue weighted by molar-refractivity contribution is 7.13. The summed E-state index contributed by atoms with van der Waals surface area (Å²) in [6.07, 6.45) is 0. The summed E-state index contributed by atoms with van der Waals surface area (Å²) in [6.45, 7) is 0. The van der Waals surface area contributed by atoms with Gasteiger partial charge in [-0.05, 0) is 18.2 Å². The summed E-state index contributed by atoms with van der Waals surface area (Å²) in [5.74, 6) is -0.347. The van der Waals surface area contributed by atoms with Crippen LogP contribution in [0.2, 0.25) is 10.2 Å². The number of rotatable bonds is 1. The summed E-state index contributed by atoms with van der Waals surface area (Å²) < 4.78 is 13.3. The minimum Gasteiger partial charge on any atom is -0.224 e. The molecule has 1 nitrogen and oxygen atoms in total. The Morgan fingerprint density at radius 2 is 2.07 bits per heavy atom. The van der Waals surface area contributed by atoms with Crippen molar-refractivity contribution in [3.63, 3.8) is 0 Å². The van der Waals surface area contributed by atoms with Crippen LogP contribution in [-0.2, 0) is 0 Å². The van der Waals surface area contributed by atoms with Crippen LogP contribution in [0, 0.1) is 5.82 Å². The third-order valence-corrected chi connectivity index (χ3v) is 3.07. The zero-order valence-corrected chi connectivity index (χ0v) is 9.13. The fraction of sp³-hybridized carbons (Fsp3) is 0. The summed E-state index contributed by atoms with van der Waals surface area (Å²) in [7, 11) is 0. The second-order valence-corrected chi connectivity index (χ2v) is 4.28. The third-order valence-electron chi connectivity index (χ3n) is 1.63. The molecule has 0 bridgehead atoms. The molecule has 0 unspecified atom stereocenters. The summed E-state index contributed by atoms with van der Waals surface area (Å²) in [4.78, 5) is 3.97. The van der Waals surface area contributed by atoms with Crippen LogP contribution in [0.15, 0.2) is 23.6 Å². The maximum absolute atomic E-state index is 13.3. The predicted octanol–water partition coefficient (Wildman–Crippen LogP) is 4.26. The molecule has 1 heterocycles. The van der Waals surface area contributed by atoms with Crippen LogP contribution < -0.4 is 0 Å².